The summed E-state index contributed by atoms with van der Waals surface area (Å²) in [5, 5.41) is 33.6. The Morgan fingerprint density at radius 2 is 1.11 bits per heavy atom. The smallest absolute Gasteiger partial charge is 0.340 e. The van der Waals surface area contributed by atoms with E-state index in [0.29, 0.717) is 22.9 Å². The number of nitrogen functional groups attached to an aromatic ring is 1. The maximum Gasteiger partial charge on any atom is 0.340 e. The first-order chi connectivity index (χ1) is 26.7. The summed E-state index contributed by atoms with van der Waals surface area (Å²) in [5.74, 6) is -2.35. The maximum absolute atomic E-state index is 12.5. The normalized spacial score (nSPS) is 13.1. The molecule has 5 aromatic rings. The number of esters is 1. The summed E-state index contributed by atoms with van der Waals surface area (Å²) in [6.45, 7) is 2.87. The number of ketones is 1. The fraction of sp³-hybridized carbons (Fsp3) is 0.118. The van der Waals surface area contributed by atoms with Crippen molar-refractivity contribution >= 4 is 87.0 Å². The van der Waals surface area contributed by atoms with Crippen LogP contribution in [0.15, 0.2) is 130 Å². The molecule has 1 atom stereocenters. The molecule has 5 aromatic carbocycles. The van der Waals surface area contributed by atoms with Gasteiger partial charge < -0.3 is 15.6 Å². The number of aromatic hydroxyl groups is 1. The first-order valence-corrected chi connectivity index (χ1v) is 20.3. The van der Waals surface area contributed by atoms with Crippen molar-refractivity contribution in [1.29, 1.82) is 0 Å². The number of carbonyl (C=O) groups is 2. The molecule has 0 aromatic heterocycles. The lowest BCUT2D eigenvalue weighted by atomic mass is 10.0. The number of hydrogen-bond donors (Lipinski definition) is 5. The molecule has 0 aliphatic heterocycles. The SMILES string of the molecule is CCOC(=O)[C@H](N=Nc1ccc(-c2ccc(N=Nc3c(S(=O)(=O)O)cc4cc(S(=O)(=O)O)c(N=Nc5ccc(S(=O)(=O)O)cc5)c(O)c4c3N)cc2)cc1)C(C)=O. The monoisotopic (exact) mass is 839 g/mol. The van der Waals surface area contributed by atoms with Crippen LogP contribution in [-0.4, -0.2) is 68.4 Å². The summed E-state index contributed by atoms with van der Waals surface area (Å²) >= 11 is 0. The molecule has 0 amide bonds. The van der Waals surface area contributed by atoms with Gasteiger partial charge in [0.1, 0.15) is 21.2 Å². The van der Waals surface area contributed by atoms with E-state index in [2.05, 4.69) is 30.7 Å². The Bertz CT molecular complexity index is 2830. The largest absolute Gasteiger partial charge is 0.505 e. The van der Waals surface area contributed by atoms with Crippen LogP contribution < -0.4 is 5.73 Å². The second-order valence-electron chi connectivity index (χ2n) is 11.7. The lowest BCUT2D eigenvalue weighted by Crippen LogP contribution is -2.28. The minimum Gasteiger partial charge on any atom is -0.505 e. The topological polar surface area (TPSA) is 327 Å². The van der Waals surface area contributed by atoms with E-state index in [-0.39, 0.29) is 18.0 Å². The van der Waals surface area contributed by atoms with Crippen molar-refractivity contribution in [3.8, 4) is 16.9 Å². The van der Waals surface area contributed by atoms with E-state index >= 15 is 0 Å². The number of nitrogens with two attached hydrogens (primary N) is 1. The number of fused-ring (bicyclic) bond motifs is 1. The number of azo groups is 3. The summed E-state index contributed by atoms with van der Waals surface area (Å²) in [6.07, 6.45) is 0. The number of phenols is 1. The number of nitrogens with zero attached hydrogens (tertiary/aromatic N) is 6. The third-order valence-corrected chi connectivity index (χ3v) is 10.4. The number of ether oxygens (including phenoxy) is 1. The highest BCUT2D eigenvalue weighted by Gasteiger charge is 2.28. The van der Waals surface area contributed by atoms with E-state index < -0.39 is 96.4 Å². The quantitative estimate of drug-likeness (QED) is 0.0263. The molecule has 0 spiro atoms. The van der Waals surface area contributed by atoms with Gasteiger partial charge in [0.05, 0.1) is 39.6 Å². The van der Waals surface area contributed by atoms with E-state index in [0.717, 1.165) is 30.3 Å². The third-order valence-electron chi connectivity index (χ3n) is 7.79. The summed E-state index contributed by atoms with van der Waals surface area (Å²) in [7, 11) is -14.9. The van der Waals surface area contributed by atoms with Gasteiger partial charge in [-0.15, -0.1) is 10.2 Å². The molecule has 0 fully saturated rings. The standard InChI is InChI=1S/C34H29N7O13S3/c1-3-54-34(44)30(18(2)42)39-36-22-8-4-19(5-9-22)20-6-10-23(11-7-20)37-40-31-26(56(48,49)50)16-21-17-27(57(51,52)53)32(33(43)28(21)29(31)35)41-38-24-12-14-25(15-13-24)55(45,46)47/h4-17,30,43H,3,35H2,1-2H3,(H,45,46,47)(H,48,49,50)(H,51,52,53)/t30-/m1/s1. The first-order valence-electron chi connectivity index (χ1n) is 16.0. The highest BCUT2D eigenvalue weighted by atomic mass is 32.2. The van der Waals surface area contributed by atoms with Crippen LogP contribution >= 0.6 is 0 Å². The second kappa shape index (κ2) is 16.4. The van der Waals surface area contributed by atoms with Crippen LogP contribution in [0.2, 0.25) is 0 Å². The predicted octanol–water partition coefficient (Wildman–Crippen LogP) is 6.97. The van der Waals surface area contributed by atoms with Crippen LogP contribution in [-0.2, 0) is 44.7 Å². The average Bonchev–Trinajstić information content (AvgIpc) is 3.13. The van der Waals surface area contributed by atoms with Gasteiger partial charge in [0.15, 0.2) is 11.5 Å². The van der Waals surface area contributed by atoms with E-state index in [1.54, 1.807) is 43.3 Å². The Kier molecular flexibility index (Phi) is 12.0. The van der Waals surface area contributed by atoms with E-state index in [4.69, 9.17) is 10.5 Å². The van der Waals surface area contributed by atoms with Crippen LogP contribution in [0.3, 0.4) is 0 Å². The number of benzene rings is 5. The van der Waals surface area contributed by atoms with Crippen LogP contribution in [0, 0.1) is 0 Å². The van der Waals surface area contributed by atoms with E-state index in [1.807, 2.05) is 0 Å². The molecule has 5 rings (SSSR count). The van der Waals surface area contributed by atoms with Gasteiger partial charge in [0.25, 0.3) is 30.4 Å². The molecule has 296 valence electrons. The minimum atomic E-state index is -5.19. The molecule has 23 heteroatoms. The zero-order valence-electron chi connectivity index (χ0n) is 29.3. The molecule has 0 heterocycles. The highest BCUT2D eigenvalue weighted by Crippen LogP contribution is 2.48. The van der Waals surface area contributed by atoms with Gasteiger partial charge >= 0.3 is 5.97 Å². The molecule has 0 bridgehead atoms. The number of phenolic OH excluding ortho intramolecular Hbond substituents is 1. The van der Waals surface area contributed by atoms with Crippen molar-refractivity contribution in [1.82, 2.24) is 0 Å². The van der Waals surface area contributed by atoms with Crippen molar-refractivity contribution < 1.29 is 58.3 Å². The fourth-order valence-electron chi connectivity index (χ4n) is 5.09. The molecule has 0 radical (unpaired) electrons. The summed E-state index contributed by atoms with van der Waals surface area (Å²) in [6, 6.07) is 17.0. The first kappa shape index (κ1) is 41.8. The minimum absolute atomic E-state index is 0.0741. The zero-order chi connectivity index (χ0) is 41.9. The molecule has 6 N–H and O–H groups in total. The molecule has 57 heavy (non-hydrogen) atoms. The van der Waals surface area contributed by atoms with Crippen molar-refractivity contribution in [2.75, 3.05) is 12.3 Å². The Morgan fingerprint density at radius 1 is 0.667 bits per heavy atom. The van der Waals surface area contributed by atoms with Crippen LogP contribution in [0.1, 0.15) is 13.8 Å². The van der Waals surface area contributed by atoms with Crippen molar-refractivity contribution in [2.24, 2.45) is 30.7 Å². The number of rotatable bonds is 13. The summed E-state index contributed by atoms with van der Waals surface area (Å²) < 4.78 is 106. The van der Waals surface area contributed by atoms with Crippen LogP contribution in [0.5, 0.6) is 5.75 Å². The Labute approximate surface area is 323 Å². The Hall–Kier alpha value is -6.37. The lowest BCUT2D eigenvalue weighted by molar-refractivity contribution is -0.147. The lowest BCUT2D eigenvalue weighted by Gasteiger charge is -2.14. The average molecular weight is 840 g/mol. The second-order valence-corrected chi connectivity index (χ2v) is 15.9. The Morgan fingerprint density at radius 3 is 1.54 bits per heavy atom. The van der Waals surface area contributed by atoms with Gasteiger partial charge in [-0.3, -0.25) is 18.5 Å². The molecule has 0 saturated carbocycles. The van der Waals surface area contributed by atoms with Gasteiger partial charge in [0, 0.05) is 0 Å². The molecule has 0 unspecified atom stereocenters. The van der Waals surface area contributed by atoms with Crippen molar-refractivity contribution in [3.05, 3.63) is 84.9 Å². The van der Waals surface area contributed by atoms with E-state index in [9.17, 15) is 53.6 Å². The van der Waals surface area contributed by atoms with Gasteiger partial charge in [0.2, 0.25) is 6.04 Å². The fourth-order valence-corrected chi connectivity index (χ4v) is 6.89. The van der Waals surface area contributed by atoms with Crippen molar-refractivity contribution in [3.63, 3.8) is 0 Å². The predicted molar refractivity (Wildman–Crippen MR) is 202 cm³/mol. The zero-order valence-corrected chi connectivity index (χ0v) is 31.8. The number of Topliss-reactive ketones (excluding diaryl/α,β-unsaturated/α-hetero) is 1. The molecular weight excluding hydrogens is 811 g/mol. The van der Waals surface area contributed by atoms with Gasteiger partial charge in [-0.05, 0) is 91.0 Å². The van der Waals surface area contributed by atoms with Crippen molar-refractivity contribution in [2.45, 2.75) is 34.6 Å². The van der Waals surface area contributed by atoms with Crippen LogP contribution in [0.4, 0.5) is 34.1 Å². The summed E-state index contributed by atoms with van der Waals surface area (Å²) in [4.78, 5) is 21.3. The van der Waals surface area contributed by atoms with Gasteiger partial charge in [-0.1, -0.05) is 24.3 Å². The Balaban J connectivity index is 1.49. The van der Waals surface area contributed by atoms with Crippen LogP contribution in [0.25, 0.3) is 21.9 Å². The maximum atomic E-state index is 12.5. The third kappa shape index (κ3) is 9.72. The highest BCUT2D eigenvalue weighted by molar-refractivity contribution is 7.86. The molecule has 0 aliphatic rings. The molecule has 0 aliphatic carbocycles. The number of carbonyl (C=O) groups excluding carboxylic acids is 2. The molecular formula is C34H29N7O13S3. The molecule has 20 nitrogen and oxygen atoms in total. The molecule has 0 saturated heterocycles. The van der Waals surface area contributed by atoms with Gasteiger partial charge in [-0.2, -0.15) is 45.7 Å². The number of hydrogen-bond acceptors (Lipinski definition) is 17. The summed E-state index contributed by atoms with van der Waals surface area (Å²) in [5.41, 5.74) is 5.96. The van der Waals surface area contributed by atoms with Gasteiger partial charge in [-0.25, -0.2) is 4.79 Å². The van der Waals surface area contributed by atoms with E-state index in [1.165, 1.54) is 19.1 Å². The number of anilines is 1.